The van der Waals surface area contributed by atoms with Crippen LogP contribution in [0.4, 0.5) is 4.79 Å². The third kappa shape index (κ3) is 4.66. The quantitative estimate of drug-likeness (QED) is 0.314. The zero-order valence-electron chi connectivity index (χ0n) is 21.3. The molecule has 4 aromatic rings. The fourth-order valence-electron chi connectivity index (χ4n) is 5.74. The molecular weight excluding hydrogens is 478 g/mol. The summed E-state index contributed by atoms with van der Waals surface area (Å²) in [7, 11) is 0. The van der Waals surface area contributed by atoms with Crippen LogP contribution in [0.5, 0.6) is 5.75 Å². The lowest BCUT2D eigenvalue weighted by molar-refractivity contribution is 0.180. The Morgan fingerprint density at radius 1 is 1.03 bits per heavy atom. The standard InChI is InChI=1S/C31H33N3O2S/c1-2-36-24-13-8-12-23(20-24)29-27-15-9-19-33(27)30-26(25-14-6-7-16-28(25)37-30)21-34(29)31(35)32-18-17-22-10-4-3-5-11-22/h3-5,8-13,15,19-20,29H,2,6-7,14,16-18,21H2,1H3,(H,32,35)/t29-/m0/s1. The molecule has 0 fully saturated rings. The molecule has 0 radical (unpaired) electrons. The number of hydrogen-bond acceptors (Lipinski definition) is 3. The fraction of sp³-hybridized carbons (Fsp3) is 0.323. The number of amides is 2. The van der Waals surface area contributed by atoms with Gasteiger partial charge in [-0.1, -0.05) is 42.5 Å². The minimum absolute atomic E-state index is 0.0286. The summed E-state index contributed by atoms with van der Waals surface area (Å²) in [5, 5.41) is 4.52. The number of urea groups is 1. The number of aromatic nitrogens is 1. The molecular formula is C31H33N3O2S. The summed E-state index contributed by atoms with van der Waals surface area (Å²) in [5.74, 6) is 0.832. The number of rotatable bonds is 6. The molecule has 6 rings (SSSR count). The van der Waals surface area contributed by atoms with Gasteiger partial charge in [0.25, 0.3) is 0 Å². The van der Waals surface area contributed by atoms with Crippen LogP contribution in [0.3, 0.4) is 0 Å². The van der Waals surface area contributed by atoms with E-state index in [1.807, 2.05) is 53.5 Å². The molecule has 37 heavy (non-hydrogen) atoms. The SMILES string of the molecule is CCOc1cccc([C@H]2c3cccn3-c3sc4c(c3CN2C(=O)NCCc2ccccc2)CCCC4)c1. The highest BCUT2D eigenvalue weighted by Crippen LogP contribution is 2.44. The molecule has 1 aliphatic heterocycles. The number of ether oxygens (including phenoxy) is 1. The van der Waals surface area contributed by atoms with Crippen molar-refractivity contribution in [1.29, 1.82) is 0 Å². The van der Waals surface area contributed by atoms with Gasteiger partial charge in [0.05, 0.1) is 24.9 Å². The number of thiophene rings is 1. The van der Waals surface area contributed by atoms with Crippen molar-refractivity contribution < 1.29 is 9.53 Å². The molecule has 5 nitrogen and oxygen atoms in total. The largest absolute Gasteiger partial charge is 0.494 e. The first-order chi connectivity index (χ1) is 18.2. The molecule has 0 spiro atoms. The Kier molecular flexibility index (Phi) is 6.75. The molecule has 6 heteroatoms. The van der Waals surface area contributed by atoms with Gasteiger partial charge in [-0.2, -0.15) is 0 Å². The van der Waals surface area contributed by atoms with E-state index in [2.05, 4.69) is 52.5 Å². The molecule has 2 aromatic carbocycles. The van der Waals surface area contributed by atoms with Crippen molar-refractivity contribution >= 4 is 17.4 Å². The van der Waals surface area contributed by atoms with E-state index in [1.54, 1.807) is 0 Å². The van der Waals surface area contributed by atoms with Gasteiger partial charge in [-0.15, -0.1) is 11.3 Å². The van der Waals surface area contributed by atoms with Gasteiger partial charge in [0, 0.05) is 23.2 Å². The smallest absolute Gasteiger partial charge is 0.318 e. The average molecular weight is 512 g/mol. The first kappa shape index (κ1) is 23.9. The second kappa shape index (κ2) is 10.5. The van der Waals surface area contributed by atoms with Crippen molar-refractivity contribution in [3.63, 3.8) is 0 Å². The van der Waals surface area contributed by atoms with Crippen LogP contribution in [0, 0.1) is 0 Å². The second-order valence-corrected chi connectivity index (χ2v) is 10.9. The van der Waals surface area contributed by atoms with Crippen LogP contribution in [0.2, 0.25) is 0 Å². The lowest BCUT2D eigenvalue weighted by Crippen LogP contribution is -2.42. The van der Waals surface area contributed by atoms with E-state index in [0.29, 0.717) is 19.7 Å². The summed E-state index contributed by atoms with van der Waals surface area (Å²) in [6, 6.07) is 22.6. The predicted molar refractivity (Wildman–Crippen MR) is 149 cm³/mol. The number of benzene rings is 2. The summed E-state index contributed by atoms with van der Waals surface area (Å²) < 4.78 is 8.17. The van der Waals surface area contributed by atoms with E-state index < -0.39 is 0 Å². The van der Waals surface area contributed by atoms with E-state index in [0.717, 1.165) is 36.3 Å². The predicted octanol–water partition coefficient (Wildman–Crippen LogP) is 6.67. The third-order valence-electron chi connectivity index (χ3n) is 7.46. The molecule has 2 aromatic heterocycles. The van der Waals surface area contributed by atoms with Gasteiger partial charge in [0.15, 0.2) is 0 Å². The van der Waals surface area contributed by atoms with Gasteiger partial charge in [-0.05, 0) is 80.0 Å². The van der Waals surface area contributed by atoms with Crippen molar-refractivity contribution in [2.75, 3.05) is 13.2 Å². The fourth-order valence-corrected chi connectivity index (χ4v) is 7.14. The lowest BCUT2D eigenvalue weighted by Gasteiger charge is -2.31. The van der Waals surface area contributed by atoms with Crippen molar-refractivity contribution in [3.05, 3.63) is 106 Å². The van der Waals surface area contributed by atoms with Crippen molar-refractivity contribution in [2.24, 2.45) is 0 Å². The summed E-state index contributed by atoms with van der Waals surface area (Å²) in [6.07, 6.45) is 7.68. The molecule has 190 valence electrons. The van der Waals surface area contributed by atoms with Gasteiger partial charge >= 0.3 is 6.03 Å². The minimum Gasteiger partial charge on any atom is -0.494 e. The monoisotopic (exact) mass is 511 g/mol. The molecule has 0 unspecified atom stereocenters. The first-order valence-corrected chi connectivity index (χ1v) is 14.2. The number of nitrogens with zero attached hydrogens (tertiary/aromatic N) is 2. The van der Waals surface area contributed by atoms with Crippen LogP contribution in [0.15, 0.2) is 72.9 Å². The van der Waals surface area contributed by atoms with Gasteiger partial charge in [0.2, 0.25) is 0 Å². The zero-order valence-corrected chi connectivity index (χ0v) is 22.1. The van der Waals surface area contributed by atoms with Crippen LogP contribution in [0.25, 0.3) is 5.00 Å². The Morgan fingerprint density at radius 3 is 2.76 bits per heavy atom. The molecule has 2 amide bonds. The third-order valence-corrected chi connectivity index (χ3v) is 8.79. The van der Waals surface area contributed by atoms with Crippen molar-refractivity contribution in [1.82, 2.24) is 14.8 Å². The normalized spacial score (nSPS) is 16.4. The maximum absolute atomic E-state index is 13.9. The molecule has 1 aliphatic carbocycles. The van der Waals surface area contributed by atoms with Crippen LogP contribution in [-0.4, -0.2) is 28.6 Å². The zero-order chi connectivity index (χ0) is 25.2. The minimum atomic E-state index is -0.217. The van der Waals surface area contributed by atoms with Crippen LogP contribution in [0.1, 0.15) is 58.6 Å². The molecule has 0 bridgehead atoms. The maximum atomic E-state index is 13.9. The Bertz CT molecular complexity index is 1390. The lowest BCUT2D eigenvalue weighted by atomic mass is 9.95. The second-order valence-electron chi connectivity index (χ2n) is 9.80. The van der Waals surface area contributed by atoms with Crippen molar-refractivity contribution in [3.8, 4) is 10.8 Å². The van der Waals surface area contributed by atoms with Crippen LogP contribution < -0.4 is 10.1 Å². The van der Waals surface area contributed by atoms with Gasteiger partial charge in [0.1, 0.15) is 10.8 Å². The molecule has 2 aliphatic rings. The molecule has 0 saturated heterocycles. The highest BCUT2D eigenvalue weighted by molar-refractivity contribution is 7.15. The highest BCUT2D eigenvalue weighted by atomic mass is 32.1. The first-order valence-electron chi connectivity index (χ1n) is 13.3. The number of carbonyl (C=O) groups excluding carboxylic acids is 1. The number of fused-ring (bicyclic) bond motifs is 5. The topological polar surface area (TPSA) is 46.5 Å². The molecule has 3 heterocycles. The number of aryl methyl sites for hydroxylation is 1. The Balaban J connectivity index is 1.39. The highest BCUT2D eigenvalue weighted by Gasteiger charge is 2.36. The Labute approximate surface area is 222 Å². The van der Waals surface area contributed by atoms with Gasteiger partial charge < -0.3 is 19.5 Å². The summed E-state index contributed by atoms with van der Waals surface area (Å²) in [5.41, 5.74) is 6.19. The van der Waals surface area contributed by atoms with Crippen molar-refractivity contribution in [2.45, 2.75) is 51.6 Å². The molecule has 1 N–H and O–H groups in total. The summed E-state index contributed by atoms with van der Waals surface area (Å²) in [6.45, 7) is 3.80. The number of carbonyl (C=O) groups is 1. The van der Waals surface area contributed by atoms with Crippen LogP contribution >= 0.6 is 11.3 Å². The van der Waals surface area contributed by atoms with E-state index in [1.165, 1.54) is 39.4 Å². The van der Waals surface area contributed by atoms with Gasteiger partial charge in [-0.25, -0.2) is 4.79 Å². The Morgan fingerprint density at radius 2 is 1.89 bits per heavy atom. The van der Waals surface area contributed by atoms with E-state index >= 15 is 0 Å². The Hall–Kier alpha value is -3.51. The maximum Gasteiger partial charge on any atom is 0.318 e. The van der Waals surface area contributed by atoms with Crippen LogP contribution in [-0.2, 0) is 25.8 Å². The van der Waals surface area contributed by atoms with E-state index in [4.69, 9.17) is 4.74 Å². The van der Waals surface area contributed by atoms with E-state index in [9.17, 15) is 4.79 Å². The average Bonchev–Trinajstić information content (AvgIpc) is 3.51. The number of nitrogens with one attached hydrogen (secondary N) is 1. The molecule has 0 saturated carbocycles. The van der Waals surface area contributed by atoms with E-state index in [-0.39, 0.29) is 12.1 Å². The summed E-state index contributed by atoms with van der Waals surface area (Å²) >= 11 is 1.92. The summed E-state index contributed by atoms with van der Waals surface area (Å²) in [4.78, 5) is 17.5. The van der Waals surface area contributed by atoms with Gasteiger partial charge in [-0.3, -0.25) is 0 Å². The number of hydrogen-bond donors (Lipinski definition) is 1. The molecule has 1 atom stereocenters.